The molecule has 2 unspecified atom stereocenters. The van der Waals surface area contributed by atoms with E-state index in [0.717, 1.165) is 61.9 Å². The van der Waals surface area contributed by atoms with Crippen LogP contribution in [0.1, 0.15) is 33.7 Å². The van der Waals surface area contributed by atoms with Gasteiger partial charge in [-0.05, 0) is 60.7 Å². The first-order chi connectivity index (χ1) is 16.4. The lowest BCUT2D eigenvalue weighted by atomic mass is 9.73. The fourth-order valence-corrected chi connectivity index (χ4v) is 4.95. The summed E-state index contributed by atoms with van der Waals surface area (Å²) in [5.41, 5.74) is 5.89. The molecule has 0 bridgehead atoms. The van der Waals surface area contributed by atoms with Crippen molar-refractivity contribution < 1.29 is 1.43 Å². The first-order valence-corrected chi connectivity index (χ1v) is 12.3. The number of anilines is 1. The average molecular weight is 456 g/mol. The molecule has 0 saturated carbocycles. The summed E-state index contributed by atoms with van der Waals surface area (Å²) in [6.45, 7) is 13.0. The van der Waals surface area contributed by atoms with E-state index >= 15 is 0 Å². The van der Waals surface area contributed by atoms with Gasteiger partial charge in [-0.25, -0.2) is 9.98 Å². The number of fused-ring (bicyclic) bond motifs is 1. The Hall–Kier alpha value is -3.18. The molecule has 0 amide bonds. The Balaban J connectivity index is 0.00000289. The predicted molar refractivity (Wildman–Crippen MR) is 145 cm³/mol. The SMILES string of the molecule is C=C(NC1=CC2=CC(C3=CC=CC(C)C3)=CCC2(C)C=N1)c1ccnc(N2CCN(C)CC2)c1.[HH]. The Morgan fingerprint density at radius 3 is 2.85 bits per heavy atom. The number of nitrogens with one attached hydrogen (secondary N) is 1. The molecule has 34 heavy (non-hydrogen) atoms. The van der Waals surface area contributed by atoms with E-state index in [-0.39, 0.29) is 6.84 Å². The lowest BCUT2D eigenvalue weighted by Crippen LogP contribution is -2.44. The fourth-order valence-electron chi connectivity index (χ4n) is 4.95. The third-order valence-corrected chi connectivity index (χ3v) is 7.35. The van der Waals surface area contributed by atoms with Crippen LogP contribution in [-0.2, 0) is 0 Å². The maximum absolute atomic E-state index is 4.76. The quantitative estimate of drug-likeness (QED) is 0.650. The molecule has 0 radical (unpaired) electrons. The minimum atomic E-state index is -0.0576. The fraction of sp³-hybridized carbons (Fsp3) is 0.379. The molecule has 2 atom stereocenters. The number of aromatic nitrogens is 1. The topological polar surface area (TPSA) is 43.8 Å². The highest BCUT2D eigenvalue weighted by Crippen LogP contribution is 2.41. The van der Waals surface area contributed by atoms with Crippen LogP contribution in [0.5, 0.6) is 0 Å². The van der Waals surface area contributed by atoms with Crippen molar-refractivity contribution in [1.82, 2.24) is 15.2 Å². The molecule has 0 aromatic carbocycles. The number of hydrogen-bond donors (Lipinski definition) is 1. The summed E-state index contributed by atoms with van der Waals surface area (Å²) in [5.74, 6) is 2.43. The third-order valence-electron chi connectivity index (χ3n) is 7.35. The molecular formula is C29H37N5. The molecule has 1 aromatic rings. The summed E-state index contributed by atoms with van der Waals surface area (Å²) < 4.78 is 0. The van der Waals surface area contributed by atoms with Crippen LogP contribution in [0.2, 0.25) is 0 Å². The van der Waals surface area contributed by atoms with Gasteiger partial charge >= 0.3 is 0 Å². The van der Waals surface area contributed by atoms with E-state index < -0.39 is 0 Å². The standard InChI is InChI=1S/C29H35N5.H2/c1-21-6-5-7-24(16-21)25-8-10-29(3)20-31-27(19-26(29)17-25)32-22(2)23-9-11-30-28(18-23)34-14-12-33(4)13-15-34;/h5-9,11,17-21,32H,2,10,12-16H2,1,3-4H3;1H. The summed E-state index contributed by atoms with van der Waals surface area (Å²) in [6, 6.07) is 4.14. The minimum absolute atomic E-state index is 0. The van der Waals surface area contributed by atoms with Crippen LogP contribution >= 0.6 is 0 Å². The maximum atomic E-state index is 4.76. The van der Waals surface area contributed by atoms with Crippen LogP contribution < -0.4 is 10.2 Å². The molecule has 1 N–H and O–H groups in total. The van der Waals surface area contributed by atoms with E-state index in [4.69, 9.17) is 4.99 Å². The van der Waals surface area contributed by atoms with Crippen molar-refractivity contribution in [2.75, 3.05) is 38.1 Å². The highest BCUT2D eigenvalue weighted by molar-refractivity contribution is 5.78. The summed E-state index contributed by atoms with van der Waals surface area (Å²) >= 11 is 0. The summed E-state index contributed by atoms with van der Waals surface area (Å²) in [7, 11) is 2.17. The normalized spacial score (nSPS) is 26.8. The zero-order valence-electron chi connectivity index (χ0n) is 20.6. The minimum Gasteiger partial charge on any atom is -0.354 e. The second-order valence-electron chi connectivity index (χ2n) is 10.2. The number of rotatable bonds is 5. The number of pyridine rings is 1. The Bertz CT molecular complexity index is 1160. The van der Waals surface area contributed by atoms with Gasteiger partial charge in [-0.2, -0.15) is 0 Å². The third kappa shape index (κ3) is 4.71. The lowest BCUT2D eigenvalue weighted by Gasteiger charge is -2.34. The number of likely N-dealkylation sites (N-methyl/N-ethyl adjacent to an activating group) is 1. The Kier molecular flexibility index (Phi) is 6.13. The van der Waals surface area contributed by atoms with E-state index in [1.54, 1.807) is 0 Å². The van der Waals surface area contributed by atoms with Crippen molar-refractivity contribution in [2.24, 2.45) is 16.3 Å². The molecule has 5 nitrogen and oxygen atoms in total. The Morgan fingerprint density at radius 1 is 1.24 bits per heavy atom. The van der Waals surface area contributed by atoms with E-state index in [9.17, 15) is 0 Å². The zero-order valence-corrected chi connectivity index (χ0v) is 20.6. The van der Waals surface area contributed by atoms with Crippen LogP contribution in [0.4, 0.5) is 5.82 Å². The van der Waals surface area contributed by atoms with Gasteiger partial charge in [-0.1, -0.05) is 50.8 Å². The van der Waals surface area contributed by atoms with Gasteiger partial charge in [0.1, 0.15) is 11.6 Å². The second-order valence-corrected chi connectivity index (χ2v) is 10.2. The first kappa shape index (κ1) is 22.6. The van der Waals surface area contributed by atoms with Gasteiger partial charge in [0.25, 0.3) is 0 Å². The van der Waals surface area contributed by atoms with E-state index in [2.05, 4.69) is 96.3 Å². The van der Waals surface area contributed by atoms with Crippen LogP contribution in [0, 0.1) is 11.3 Å². The molecule has 1 aromatic heterocycles. The number of aliphatic imine (C=N–C) groups is 1. The van der Waals surface area contributed by atoms with Gasteiger partial charge in [-0.3, -0.25) is 0 Å². The highest BCUT2D eigenvalue weighted by atomic mass is 15.3. The Labute approximate surface area is 205 Å². The van der Waals surface area contributed by atoms with Crippen LogP contribution in [0.25, 0.3) is 5.70 Å². The predicted octanol–water partition coefficient (Wildman–Crippen LogP) is 5.35. The summed E-state index contributed by atoms with van der Waals surface area (Å²) in [5, 5.41) is 3.45. The van der Waals surface area contributed by atoms with Crippen molar-refractivity contribution in [3.05, 3.63) is 89.5 Å². The highest BCUT2D eigenvalue weighted by Gasteiger charge is 2.31. The number of hydrogen-bond acceptors (Lipinski definition) is 5. The van der Waals surface area contributed by atoms with Gasteiger partial charge < -0.3 is 15.1 Å². The van der Waals surface area contributed by atoms with E-state index in [1.807, 2.05) is 12.3 Å². The van der Waals surface area contributed by atoms with Crippen molar-refractivity contribution in [3.8, 4) is 0 Å². The second kappa shape index (κ2) is 9.22. The van der Waals surface area contributed by atoms with Gasteiger partial charge in [0.15, 0.2) is 0 Å². The maximum Gasteiger partial charge on any atom is 0.130 e. The van der Waals surface area contributed by atoms with E-state index in [1.165, 1.54) is 16.7 Å². The molecule has 1 fully saturated rings. The van der Waals surface area contributed by atoms with Crippen molar-refractivity contribution >= 4 is 17.7 Å². The number of allylic oxidation sites excluding steroid dienone is 9. The molecule has 0 spiro atoms. The summed E-state index contributed by atoms with van der Waals surface area (Å²) in [6.07, 6.45) is 19.6. The van der Waals surface area contributed by atoms with Crippen LogP contribution in [-0.4, -0.2) is 49.3 Å². The molecule has 4 aliphatic rings. The molecule has 2 aliphatic carbocycles. The molecular weight excluding hydrogens is 418 g/mol. The van der Waals surface area contributed by atoms with Crippen molar-refractivity contribution in [3.63, 3.8) is 0 Å². The Morgan fingerprint density at radius 2 is 2.06 bits per heavy atom. The monoisotopic (exact) mass is 455 g/mol. The number of nitrogens with zero attached hydrogens (tertiary/aromatic N) is 4. The molecule has 2 aliphatic heterocycles. The smallest absolute Gasteiger partial charge is 0.130 e. The average Bonchev–Trinajstić information content (AvgIpc) is 2.84. The molecule has 5 rings (SSSR count). The number of piperazine rings is 1. The van der Waals surface area contributed by atoms with Crippen LogP contribution in [0.15, 0.2) is 88.9 Å². The van der Waals surface area contributed by atoms with Gasteiger partial charge in [0.05, 0.1) is 0 Å². The van der Waals surface area contributed by atoms with Crippen molar-refractivity contribution in [1.29, 1.82) is 0 Å². The largest absolute Gasteiger partial charge is 0.354 e. The van der Waals surface area contributed by atoms with Gasteiger partial charge in [0.2, 0.25) is 0 Å². The molecule has 5 heteroatoms. The molecule has 178 valence electrons. The van der Waals surface area contributed by atoms with Gasteiger partial charge in [-0.15, -0.1) is 0 Å². The lowest BCUT2D eigenvalue weighted by molar-refractivity contribution is 0.312. The zero-order chi connectivity index (χ0) is 23.7. The van der Waals surface area contributed by atoms with Crippen LogP contribution in [0.3, 0.4) is 0 Å². The molecule has 3 heterocycles. The van der Waals surface area contributed by atoms with Crippen molar-refractivity contribution in [2.45, 2.75) is 26.7 Å². The van der Waals surface area contributed by atoms with Gasteiger partial charge in [0, 0.05) is 56.7 Å². The summed E-state index contributed by atoms with van der Waals surface area (Å²) in [4.78, 5) is 14.1. The van der Waals surface area contributed by atoms with E-state index in [0.29, 0.717) is 5.92 Å². The first-order valence-electron chi connectivity index (χ1n) is 12.3. The molecule has 1 saturated heterocycles.